The van der Waals surface area contributed by atoms with Crippen LogP contribution in [0.25, 0.3) is 11.3 Å². The number of aryl methyl sites for hydroxylation is 1. The molecule has 12 heteroatoms. The molecule has 2 aliphatic heterocycles. The van der Waals surface area contributed by atoms with E-state index >= 15 is 0 Å². The summed E-state index contributed by atoms with van der Waals surface area (Å²) in [5.41, 5.74) is 0.377. The molecule has 1 aromatic heterocycles. The lowest BCUT2D eigenvalue weighted by Crippen LogP contribution is -2.56. The molecular weight excluding hydrogens is 600 g/mol. The summed E-state index contributed by atoms with van der Waals surface area (Å²) in [5.74, 6) is -2.36. The summed E-state index contributed by atoms with van der Waals surface area (Å²) in [6.45, 7) is 7.50. The number of carbonyl (C=O) groups excluding carboxylic acids is 3. The first-order valence-electron chi connectivity index (χ1n) is 16.9. The second-order valence-corrected chi connectivity index (χ2v) is 14.0. The zero-order valence-electron chi connectivity index (χ0n) is 27.9. The minimum absolute atomic E-state index is 0.128. The van der Waals surface area contributed by atoms with Crippen LogP contribution in [0.3, 0.4) is 0 Å². The van der Waals surface area contributed by atoms with Crippen LogP contribution in [0.1, 0.15) is 97.2 Å². The molecule has 12 nitrogen and oxygen atoms in total. The molecule has 3 heterocycles. The number of rotatable bonds is 7. The predicted octanol–water partition coefficient (Wildman–Crippen LogP) is 4.80. The number of aliphatic carboxylic acids is 1. The first-order valence-corrected chi connectivity index (χ1v) is 16.9. The molecule has 47 heavy (non-hydrogen) atoms. The Bertz CT molecular complexity index is 1480. The summed E-state index contributed by atoms with van der Waals surface area (Å²) in [7, 11) is 0. The van der Waals surface area contributed by atoms with Crippen molar-refractivity contribution in [2.75, 3.05) is 6.54 Å². The molecule has 0 unspecified atom stereocenters. The third kappa shape index (κ3) is 8.02. The SMILES string of the molecule is CCCCc1nn([C@H]2C[C@H]3C(=O)N[C@]4(C(=O)O)C[C@@H]4/C=C\CCCCC[C@H](NC(=O)OC(C)(C)C)C(=O)N3C2)nc1-c1ccccc1. The van der Waals surface area contributed by atoms with Gasteiger partial charge in [-0.1, -0.05) is 68.7 Å². The van der Waals surface area contributed by atoms with E-state index in [-0.39, 0.29) is 18.9 Å². The number of nitrogens with zero attached hydrogens (tertiary/aromatic N) is 4. The van der Waals surface area contributed by atoms with E-state index in [4.69, 9.17) is 14.9 Å². The van der Waals surface area contributed by atoms with Gasteiger partial charge in [0.25, 0.3) is 0 Å². The van der Waals surface area contributed by atoms with Crippen molar-refractivity contribution in [1.29, 1.82) is 0 Å². The molecule has 5 rings (SSSR count). The molecular formula is C35H48N6O6. The van der Waals surface area contributed by atoms with Crippen molar-refractivity contribution in [2.24, 2.45) is 5.92 Å². The van der Waals surface area contributed by atoms with Gasteiger partial charge in [0.1, 0.15) is 28.9 Å². The van der Waals surface area contributed by atoms with Gasteiger partial charge in [-0.15, -0.1) is 0 Å². The highest BCUT2D eigenvalue weighted by atomic mass is 16.6. The fraction of sp³-hybridized carbons (Fsp3) is 0.600. The number of aromatic nitrogens is 3. The van der Waals surface area contributed by atoms with Gasteiger partial charge in [-0.25, -0.2) is 9.59 Å². The number of nitrogens with one attached hydrogen (secondary N) is 2. The average molecular weight is 649 g/mol. The first kappa shape index (κ1) is 34.1. The number of hydrogen-bond donors (Lipinski definition) is 3. The van der Waals surface area contributed by atoms with E-state index in [1.54, 1.807) is 25.6 Å². The van der Waals surface area contributed by atoms with Crippen molar-refractivity contribution in [1.82, 2.24) is 30.5 Å². The Labute approximate surface area is 276 Å². The number of benzene rings is 1. The number of carboxylic acids is 1. The smallest absolute Gasteiger partial charge is 0.408 e. The number of carbonyl (C=O) groups is 4. The number of amides is 3. The molecule has 3 amide bonds. The fourth-order valence-electron chi connectivity index (χ4n) is 6.54. The maximum atomic E-state index is 14.3. The van der Waals surface area contributed by atoms with Crippen LogP contribution < -0.4 is 10.6 Å². The standard InChI is InChI=1S/C35H48N6O6/c1-5-6-18-26-29(23-15-11-10-12-16-23)39-41(38-26)25-20-28-30(42)37-35(32(44)45)21-24(35)17-13-8-7-9-14-19-27(31(43)40(28)22-25)36-33(46)47-34(2,3)4/h10-13,15-17,24-25,27-28H,5-9,14,18-22H2,1-4H3,(H,36,46)(H,37,42)(H,44,45)/b17-13-/t24-,25-,27-,28-,35+/m0/s1. The lowest BCUT2D eigenvalue weighted by Gasteiger charge is -2.30. The van der Waals surface area contributed by atoms with E-state index in [9.17, 15) is 24.3 Å². The molecule has 1 saturated heterocycles. The normalized spacial score (nSPS) is 27.4. The van der Waals surface area contributed by atoms with E-state index in [1.807, 2.05) is 42.5 Å². The lowest BCUT2D eigenvalue weighted by atomic mass is 10.0. The highest BCUT2D eigenvalue weighted by molar-refractivity contribution is 5.96. The Hall–Kier alpha value is -4.22. The number of unbranched alkanes of at least 4 members (excludes halogenated alkanes) is 1. The molecule has 3 aliphatic rings. The third-order valence-corrected chi connectivity index (χ3v) is 9.17. The van der Waals surface area contributed by atoms with Gasteiger partial charge in [-0.05, 0) is 59.3 Å². The van der Waals surface area contributed by atoms with E-state index in [2.05, 4.69) is 17.6 Å². The van der Waals surface area contributed by atoms with Gasteiger partial charge in [0.05, 0.1) is 11.7 Å². The minimum atomic E-state index is -1.41. The molecule has 0 spiro atoms. The molecule has 254 valence electrons. The molecule has 1 aromatic carbocycles. The molecule has 2 fully saturated rings. The second-order valence-electron chi connectivity index (χ2n) is 14.0. The first-order chi connectivity index (χ1) is 22.4. The van der Waals surface area contributed by atoms with E-state index in [0.717, 1.165) is 55.5 Å². The topological polar surface area (TPSA) is 156 Å². The van der Waals surface area contributed by atoms with Crippen molar-refractivity contribution >= 4 is 23.9 Å². The predicted molar refractivity (Wildman–Crippen MR) is 175 cm³/mol. The number of alkyl carbamates (subject to hydrolysis) is 1. The van der Waals surface area contributed by atoms with E-state index in [0.29, 0.717) is 19.3 Å². The van der Waals surface area contributed by atoms with Crippen molar-refractivity contribution in [3.8, 4) is 11.3 Å². The average Bonchev–Trinajstić information content (AvgIpc) is 3.34. The van der Waals surface area contributed by atoms with Gasteiger partial charge >= 0.3 is 12.1 Å². The van der Waals surface area contributed by atoms with Gasteiger partial charge in [0, 0.05) is 24.4 Å². The van der Waals surface area contributed by atoms with Crippen molar-refractivity contribution in [3.63, 3.8) is 0 Å². The summed E-state index contributed by atoms with van der Waals surface area (Å²) in [6, 6.07) is 7.46. The molecule has 3 N–H and O–H groups in total. The maximum Gasteiger partial charge on any atom is 0.408 e. The van der Waals surface area contributed by atoms with Crippen molar-refractivity contribution < 1.29 is 29.0 Å². The monoisotopic (exact) mass is 648 g/mol. The minimum Gasteiger partial charge on any atom is -0.479 e. The van der Waals surface area contributed by atoms with Crippen molar-refractivity contribution in [3.05, 3.63) is 48.2 Å². The molecule has 0 radical (unpaired) electrons. The van der Waals surface area contributed by atoms with Crippen LogP contribution in [0.15, 0.2) is 42.5 Å². The molecule has 1 aliphatic carbocycles. The molecule has 2 aromatic rings. The van der Waals surface area contributed by atoms with Gasteiger partial charge in [0.15, 0.2) is 0 Å². The summed E-state index contributed by atoms with van der Waals surface area (Å²) in [5, 5.41) is 25.5. The van der Waals surface area contributed by atoms with Crippen LogP contribution in [-0.4, -0.2) is 78.6 Å². The van der Waals surface area contributed by atoms with Crippen LogP contribution in [0.2, 0.25) is 0 Å². The summed E-state index contributed by atoms with van der Waals surface area (Å²) in [4.78, 5) is 56.7. The van der Waals surface area contributed by atoms with Gasteiger partial charge in [0.2, 0.25) is 11.8 Å². The molecule has 1 saturated carbocycles. The van der Waals surface area contributed by atoms with Gasteiger partial charge < -0.3 is 25.4 Å². The number of allylic oxidation sites excluding steroid dienone is 1. The fourth-order valence-corrected chi connectivity index (χ4v) is 6.54. The maximum absolute atomic E-state index is 14.3. The van der Waals surface area contributed by atoms with Crippen LogP contribution in [-0.2, 0) is 25.5 Å². The zero-order chi connectivity index (χ0) is 33.8. The van der Waals surface area contributed by atoms with Gasteiger partial charge in [-0.3, -0.25) is 9.59 Å². The van der Waals surface area contributed by atoms with Gasteiger partial charge in [-0.2, -0.15) is 15.0 Å². The highest BCUT2D eigenvalue weighted by Gasteiger charge is 2.61. The molecule has 0 bridgehead atoms. The Morgan fingerprint density at radius 3 is 2.60 bits per heavy atom. The Balaban J connectivity index is 1.48. The highest BCUT2D eigenvalue weighted by Crippen LogP contribution is 2.45. The Morgan fingerprint density at radius 1 is 1.13 bits per heavy atom. The van der Waals surface area contributed by atoms with Crippen LogP contribution in [0, 0.1) is 5.92 Å². The Morgan fingerprint density at radius 2 is 1.89 bits per heavy atom. The quantitative estimate of drug-likeness (QED) is 0.362. The molecule has 5 atom stereocenters. The lowest BCUT2D eigenvalue weighted by molar-refractivity contribution is -0.145. The largest absolute Gasteiger partial charge is 0.479 e. The number of fused-ring (bicyclic) bond motifs is 2. The van der Waals surface area contributed by atoms with E-state index in [1.165, 1.54) is 4.90 Å². The third-order valence-electron chi connectivity index (χ3n) is 9.17. The van der Waals surface area contributed by atoms with Crippen LogP contribution in [0.5, 0.6) is 0 Å². The van der Waals surface area contributed by atoms with Crippen LogP contribution in [0.4, 0.5) is 4.79 Å². The Kier molecular flexibility index (Phi) is 10.4. The van der Waals surface area contributed by atoms with Crippen molar-refractivity contribution in [2.45, 2.75) is 121 Å². The van der Waals surface area contributed by atoms with Crippen LogP contribution >= 0.6 is 0 Å². The second kappa shape index (κ2) is 14.3. The summed E-state index contributed by atoms with van der Waals surface area (Å²) >= 11 is 0. The summed E-state index contributed by atoms with van der Waals surface area (Å²) in [6.07, 6.45) is 9.79. The number of ether oxygens (including phenoxy) is 1. The number of hydrogen-bond acceptors (Lipinski definition) is 7. The zero-order valence-corrected chi connectivity index (χ0v) is 27.9. The summed E-state index contributed by atoms with van der Waals surface area (Å²) < 4.78 is 5.49. The number of carboxylic acid groups (broad SMARTS) is 1. The van der Waals surface area contributed by atoms with E-state index < -0.39 is 53.1 Å².